The van der Waals surface area contributed by atoms with Gasteiger partial charge in [-0.05, 0) is 43.5 Å². The van der Waals surface area contributed by atoms with Crippen molar-refractivity contribution >= 4 is 22.9 Å². The van der Waals surface area contributed by atoms with E-state index in [0.717, 1.165) is 54.1 Å². The molecule has 1 saturated heterocycles. The second-order valence-corrected chi connectivity index (χ2v) is 7.64. The number of hydrogen-bond acceptors (Lipinski definition) is 6. The molecule has 2 fully saturated rings. The molecule has 0 unspecified atom stereocenters. The van der Waals surface area contributed by atoms with Gasteiger partial charge in [0.05, 0.1) is 13.4 Å². The summed E-state index contributed by atoms with van der Waals surface area (Å²) in [5, 5.41) is 3.49. The zero-order valence-corrected chi connectivity index (χ0v) is 16.5. The Kier molecular flexibility index (Phi) is 4.54. The molecule has 1 aromatic carbocycles. The predicted molar refractivity (Wildman–Crippen MR) is 110 cm³/mol. The smallest absolute Gasteiger partial charge is 0.222 e. The highest BCUT2D eigenvalue weighted by molar-refractivity contribution is 5.85. The van der Waals surface area contributed by atoms with Gasteiger partial charge in [-0.25, -0.2) is 15.0 Å². The van der Waals surface area contributed by atoms with Crippen LogP contribution in [0.5, 0.6) is 5.75 Å². The third-order valence-electron chi connectivity index (χ3n) is 5.51. The molecule has 150 valence electrons. The maximum Gasteiger partial charge on any atom is 0.222 e. The van der Waals surface area contributed by atoms with Crippen LogP contribution >= 0.6 is 0 Å². The van der Waals surface area contributed by atoms with Crippen LogP contribution in [0.2, 0.25) is 0 Å². The van der Waals surface area contributed by atoms with Crippen molar-refractivity contribution in [1.29, 1.82) is 0 Å². The van der Waals surface area contributed by atoms with Gasteiger partial charge in [0.1, 0.15) is 11.3 Å². The number of benzene rings is 1. The molecule has 1 saturated carbocycles. The molecule has 0 spiro atoms. The van der Waals surface area contributed by atoms with Crippen molar-refractivity contribution in [3.63, 3.8) is 0 Å². The number of likely N-dealkylation sites (tertiary alicyclic amines) is 1. The zero-order valence-electron chi connectivity index (χ0n) is 16.5. The third-order valence-corrected chi connectivity index (χ3v) is 5.51. The molecule has 1 N–H and O–H groups in total. The summed E-state index contributed by atoms with van der Waals surface area (Å²) in [6.45, 7) is 2.19. The van der Waals surface area contributed by atoms with Crippen molar-refractivity contribution in [3.05, 3.63) is 30.6 Å². The summed E-state index contributed by atoms with van der Waals surface area (Å²) in [6, 6.07) is 8.21. The standard InChI is InChI=1S/C21H24N6O2/c1-29-16-8-4-14(5-9-16)19-24-20(23-15-6-7-15)18-21(25-19)27(13-22-18)12-11-26-10-2-3-17(26)28/h4-5,8-9,13,15H,2-3,6-7,10-12H2,1H3,(H,23,24,25). The monoisotopic (exact) mass is 392 g/mol. The van der Waals surface area contributed by atoms with Gasteiger partial charge in [0.25, 0.3) is 0 Å². The highest BCUT2D eigenvalue weighted by Gasteiger charge is 2.25. The van der Waals surface area contributed by atoms with Crippen LogP contribution in [0, 0.1) is 0 Å². The summed E-state index contributed by atoms with van der Waals surface area (Å²) in [5.74, 6) is 2.46. The van der Waals surface area contributed by atoms with Crippen LogP contribution < -0.4 is 10.1 Å². The Labute approximate surface area is 168 Å². The molecule has 0 radical (unpaired) electrons. The van der Waals surface area contributed by atoms with Crippen LogP contribution in [-0.2, 0) is 11.3 Å². The lowest BCUT2D eigenvalue weighted by Crippen LogP contribution is -2.28. The lowest BCUT2D eigenvalue weighted by atomic mass is 10.2. The van der Waals surface area contributed by atoms with E-state index in [1.807, 2.05) is 33.7 Å². The Hall–Kier alpha value is -3.16. The van der Waals surface area contributed by atoms with Crippen molar-refractivity contribution in [2.24, 2.45) is 0 Å². The summed E-state index contributed by atoms with van der Waals surface area (Å²) in [7, 11) is 1.65. The zero-order chi connectivity index (χ0) is 19.8. The molecular formula is C21H24N6O2. The van der Waals surface area contributed by atoms with Crippen LogP contribution in [-0.4, -0.2) is 56.6 Å². The number of methoxy groups -OCH3 is 1. The fourth-order valence-electron chi connectivity index (χ4n) is 3.67. The van der Waals surface area contributed by atoms with E-state index in [4.69, 9.17) is 14.7 Å². The maximum absolute atomic E-state index is 11.9. The number of amides is 1. The van der Waals surface area contributed by atoms with Gasteiger partial charge in [-0.15, -0.1) is 0 Å². The molecule has 3 aromatic rings. The van der Waals surface area contributed by atoms with E-state index < -0.39 is 0 Å². The molecule has 1 amide bonds. The molecule has 1 aliphatic heterocycles. The molecule has 2 aromatic heterocycles. The van der Waals surface area contributed by atoms with Crippen LogP contribution in [0.25, 0.3) is 22.6 Å². The summed E-state index contributed by atoms with van der Waals surface area (Å²) in [6.07, 6.45) is 5.71. The minimum absolute atomic E-state index is 0.235. The van der Waals surface area contributed by atoms with Crippen LogP contribution in [0.1, 0.15) is 25.7 Å². The fraction of sp³-hybridized carbons (Fsp3) is 0.429. The molecule has 8 heteroatoms. The second kappa shape index (κ2) is 7.35. The molecule has 0 bridgehead atoms. The Bertz CT molecular complexity index is 1040. The average Bonchev–Trinajstić information content (AvgIpc) is 3.32. The van der Waals surface area contributed by atoms with Crippen LogP contribution in [0.3, 0.4) is 0 Å². The number of aromatic nitrogens is 4. The Balaban J connectivity index is 1.50. The molecule has 5 rings (SSSR count). The normalized spacial score (nSPS) is 16.6. The first-order valence-corrected chi connectivity index (χ1v) is 10.1. The van der Waals surface area contributed by atoms with E-state index in [2.05, 4.69) is 10.3 Å². The molecule has 1 aliphatic carbocycles. The Morgan fingerprint density at radius 3 is 2.69 bits per heavy atom. The van der Waals surface area contributed by atoms with Crippen LogP contribution in [0.15, 0.2) is 30.6 Å². The number of carbonyl (C=O) groups is 1. The number of ether oxygens (including phenoxy) is 1. The van der Waals surface area contributed by atoms with E-state index in [1.165, 1.54) is 0 Å². The van der Waals surface area contributed by atoms with Gasteiger partial charge in [-0.2, -0.15) is 0 Å². The molecule has 3 heterocycles. The number of anilines is 1. The van der Waals surface area contributed by atoms with Gasteiger partial charge in [0, 0.05) is 37.7 Å². The number of imidazole rings is 1. The summed E-state index contributed by atoms with van der Waals surface area (Å²) in [4.78, 5) is 28.0. The van der Waals surface area contributed by atoms with E-state index >= 15 is 0 Å². The van der Waals surface area contributed by atoms with Crippen molar-refractivity contribution in [2.45, 2.75) is 38.3 Å². The number of nitrogens with zero attached hydrogens (tertiary/aromatic N) is 5. The fourth-order valence-corrected chi connectivity index (χ4v) is 3.67. The van der Waals surface area contributed by atoms with E-state index in [0.29, 0.717) is 31.4 Å². The van der Waals surface area contributed by atoms with Crippen molar-refractivity contribution in [1.82, 2.24) is 24.4 Å². The minimum atomic E-state index is 0.235. The van der Waals surface area contributed by atoms with E-state index in [-0.39, 0.29) is 5.91 Å². The Morgan fingerprint density at radius 2 is 2.00 bits per heavy atom. The van der Waals surface area contributed by atoms with Gasteiger partial charge in [0.15, 0.2) is 17.3 Å². The van der Waals surface area contributed by atoms with E-state index in [1.54, 1.807) is 13.4 Å². The van der Waals surface area contributed by atoms with E-state index in [9.17, 15) is 4.79 Å². The van der Waals surface area contributed by atoms with Crippen molar-refractivity contribution < 1.29 is 9.53 Å². The van der Waals surface area contributed by atoms with Gasteiger partial charge >= 0.3 is 0 Å². The highest BCUT2D eigenvalue weighted by atomic mass is 16.5. The second-order valence-electron chi connectivity index (χ2n) is 7.64. The predicted octanol–water partition coefficient (Wildman–Crippen LogP) is 2.70. The SMILES string of the molecule is COc1ccc(-c2nc(NC3CC3)c3ncn(CCN4CCCC4=O)c3n2)cc1. The highest BCUT2D eigenvalue weighted by Crippen LogP contribution is 2.30. The quantitative estimate of drug-likeness (QED) is 0.665. The molecule has 8 nitrogen and oxygen atoms in total. The topological polar surface area (TPSA) is 85.2 Å². The number of fused-ring (bicyclic) bond motifs is 1. The summed E-state index contributed by atoms with van der Waals surface area (Å²) >= 11 is 0. The minimum Gasteiger partial charge on any atom is -0.497 e. The maximum atomic E-state index is 11.9. The van der Waals surface area contributed by atoms with Gasteiger partial charge < -0.3 is 19.5 Å². The number of nitrogens with one attached hydrogen (secondary N) is 1. The summed E-state index contributed by atoms with van der Waals surface area (Å²) in [5.41, 5.74) is 2.50. The van der Waals surface area contributed by atoms with Gasteiger partial charge in [-0.3, -0.25) is 4.79 Å². The van der Waals surface area contributed by atoms with Gasteiger partial charge in [0.2, 0.25) is 5.91 Å². The number of hydrogen-bond donors (Lipinski definition) is 1. The van der Waals surface area contributed by atoms with Crippen LogP contribution in [0.4, 0.5) is 5.82 Å². The van der Waals surface area contributed by atoms with Gasteiger partial charge in [-0.1, -0.05) is 0 Å². The largest absolute Gasteiger partial charge is 0.497 e. The first-order chi connectivity index (χ1) is 14.2. The number of carbonyl (C=O) groups excluding carboxylic acids is 1. The summed E-state index contributed by atoms with van der Waals surface area (Å²) < 4.78 is 7.28. The first-order valence-electron chi connectivity index (χ1n) is 10.1. The number of rotatable bonds is 7. The van der Waals surface area contributed by atoms with Crippen molar-refractivity contribution in [2.75, 3.05) is 25.5 Å². The molecule has 2 aliphatic rings. The molecular weight excluding hydrogens is 368 g/mol. The molecule has 29 heavy (non-hydrogen) atoms. The lowest BCUT2D eigenvalue weighted by Gasteiger charge is -2.16. The van der Waals surface area contributed by atoms with Crippen molar-refractivity contribution in [3.8, 4) is 17.1 Å². The Morgan fingerprint density at radius 1 is 1.17 bits per heavy atom. The average molecular weight is 392 g/mol. The first kappa shape index (κ1) is 17.9. The molecule has 0 atom stereocenters. The third kappa shape index (κ3) is 3.62. The lowest BCUT2D eigenvalue weighted by molar-refractivity contribution is -0.127.